The third-order valence-corrected chi connectivity index (χ3v) is 6.37. The van der Waals surface area contributed by atoms with E-state index in [0.29, 0.717) is 17.7 Å². The lowest BCUT2D eigenvalue weighted by molar-refractivity contribution is -0.143. The number of aliphatic imine (C=N–C) groups is 1. The maximum Gasteiger partial charge on any atom is 0.326 e. The van der Waals surface area contributed by atoms with Crippen LogP contribution in [0.15, 0.2) is 35.3 Å². The highest BCUT2D eigenvalue weighted by Gasteiger charge is 2.30. The van der Waals surface area contributed by atoms with Crippen molar-refractivity contribution in [2.24, 2.45) is 22.2 Å². The summed E-state index contributed by atoms with van der Waals surface area (Å²) in [7, 11) is 0. The van der Waals surface area contributed by atoms with Crippen LogP contribution in [-0.2, 0) is 30.4 Å². The number of carboxylic acids is 2. The van der Waals surface area contributed by atoms with Crippen LogP contribution < -0.4 is 33.2 Å². The van der Waals surface area contributed by atoms with Crippen LogP contribution in [0.4, 0.5) is 0 Å². The number of benzene rings is 1. The lowest BCUT2D eigenvalue weighted by Crippen LogP contribution is -2.57. The molecule has 0 aliphatic heterocycles. The standard InChI is InChI=1S/C25H39N7O7S/c1-40-13-11-18(30-21(35)16(26)8-5-12-29-25(27)28)23(37)31-17(9-10-20(33)34)22(36)32-19(24(38)39)14-15-6-3-2-4-7-15/h2-4,6-7,16-19H,5,8-14,26H2,1H3,(H,30,35)(H,31,37)(H,32,36)(H,33,34)(H,38,39)(H4,27,28,29). The molecule has 0 radical (unpaired) electrons. The molecule has 0 aliphatic carbocycles. The summed E-state index contributed by atoms with van der Waals surface area (Å²) in [5.74, 6) is -4.26. The van der Waals surface area contributed by atoms with Crippen LogP contribution in [0.1, 0.15) is 37.7 Å². The summed E-state index contributed by atoms with van der Waals surface area (Å²) in [5.41, 5.74) is 17.1. The number of carbonyl (C=O) groups is 5. The number of aliphatic carboxylic acids is 2. The minimum atomic E-state index is -1.36. The molecule has 11 N–H and O–H groups in total. The lowest BCUT2D eigenvalue weighted by atomic mass is 10.0. The van der Waals surface area contributed by atoms with E-state index in [-0.39, 0.29) is 38.2 Å². The Morgan fingerprint density at radius 3 is 2.00 bits per heavy atom. The minimum absolute atomic E-state index is 0.0189. The Bertz CT molecular complexity index is 1020. The van der Waals surface area contributed by atoms with Crippen molar-refractivity contribution in [3.8, 4) is 0 Å². The Balaban J connectivity index is 2.96. The van der Waals surface area contributed by atoms with Gasteiger partial charge in [0.2, 0.25) is 17.7 Å². The number of thioether (sulfide) groups is 1. The van der Waals surface area contributed by atoms with E-state index in [1.165, 1.54) is 11.8 Å². The Kier molecular flexibility index (Phi) is 15.8. The first kappa shape index (κ1) is 34.2. The van der Waals surface area contributed by atoms with Gasteiger partial charge in [0.25, 0.3) is 0 Å². The first-order chi connectivity index (χ1) is 18.9. The summed E-state index contributed by atoms with van der Waals surface area (Å²) >= 11 is 1.43. The fraction of sp³-hybridized carbons (Fsp3) is 0.520. The summed E-state index contributed by atoms with van der Waals surface area (Å²) in [6.45, 7) is 0.279. The highest BCUT2D eigenvalue weighted by atomic mass is 32.2. The third kappa shape index (κ3) is 13.8. The fourth-order valence-corrected chi connectivity index (χ4v) is 4.04. The SMILES string of the molecule is CSCCC(NC(=O)C(N)CCCN=C(N)N)C(=O)NC(CCC(=O)O)C(=O)NC(Cc1ccccc1)C(=O)O. The maximum absolute atomic E-state index is 13.1. The number of rotatable bonds is 19. The van der Waals surface area contributed by atoms with E-state index in [9.17, 15) is 29.1 Å². The van der Waals surface area contributed by atoms with Crippen molar-refractivity contribution in [3.63, 3.8) is 0 Å². The first-order valence-corrected chi connectivity index (χ1v) is 14.0. The van der Waals surface area contributed by atoms with Crippen LogP contribution in [-0.4, -0.2) is 88.6 Å². The predicted octanol–water partition coefficient (Wildman–Crippen LogP) is -1.23. The van der Waals surface area contributed by atoms with Crippen molar-refractivity contribution in [1.82, 2.24) is 16.0 Å². The molecule has 15 heteroatoms. The molecular weight excluding hydrogens is 542 g/mol. The molecule has 0 aliphatic rings. The zero-order valence-electron chi connectivity index (χ0n) is 22.4. The zero-order chi connectivity index (χ0) is 30.1. The van der Waals surface area contributed by atoms with Gasteiger partial charge in [-0.3, -0.25) is 24.2 Å². The number of nitrogens with two attached hydrogens (primary N) is 3. The molecule has 0 heterocycles. The van der Waals surface area contributed by atoms with Gasteiger partial charge >= 0.3 is 11.9 Å². The molecule has 0 saturated heterocycles. The quantitative estimate of drug-likeness (QED) is 0.0545. The third-order valence-electron chi connectivity index (χ3n) is 5.73. The molecule has 0 spiro atoms. The van der Waals surface area contributed by atoms with E-state index in [4.69, 9.17) is 22.3 Å². The fourth-order valence-electron chi connectivity index (χ4n) is 3.56. The van der Waals surface area contributed by atoms with Crippen molar-refractivity contribution in [3.05, 3.63) is 35.9 Å². The average Bonchev–Trinajstić information content (AvgIpc) is 2.90. The van der Waals surface area contributed by atoms with Gasteiger partial charge in [-0.05, 0) is 43.3 Å². The van der Waals surface area contributed by atoms with E-state index >= 15 is 0 Å². The number of carboxylic acid groups (broad SMARTS) is 2. The number of amides is 3. The minimum Gasteiger partial charge on any atom is -0.481 e. The molecule has 0 saturated carbocycles. The molecule has 4 unspecified atom stereocenters. The molecule has 0 aromatic heterocycles. The molecule has 14 nitrogen and oxygen atoms in total. The zero-order valence-corrected chi connectivity index (χ0v) is 23.2. The monoisotopic (exact) mass is 581 g/mol. The largest absolute Gasteiger partial charge is 0.481 e. The van der Waals surface area contributed by atoms with Gasteiger partial charge in [-0.2, -0.15) is 11.8 Å². The number of nitrogens with zero attached hydrogens (tertiary/aromatic N) is 1. The Morgan fingerprint density at radius 2 is 1.45 bits per heavy atom. The number of carbonyl (C=O) groups excluding carboxylic acids is 3. The average molecular weight is 582 g/mol. The highest BCUT2D eigenvalue weighted by Crippen LogP contribution is 2.08. The second-order valence-corrected chi connectivity index (χ2v) is 9.97. The van der Waals surface area contributed by atoms with Crippen LogP contribution in [0.5, 0.6) is 0 Å². The van der Waals surface area contributed by atoms with Crippen LogP contribution >= 0.6 is 11.8 Å². The van der Waals surface area contributed by atoms with Crippen LogP contribution in [0.2, 0.25) is 0 Å². The molecule has 1 aromatic carbocycles. The molecule has 40 heavy (non-hydrogen) atoms. The smallest absolute Gasteiger partial charge is 0.326 e. The molecule has 4 atom stereocenters. The molecule has 3 amide bonds. The predicted molar refractivity (Wildman–Crippen MR) is 151 cm³/mol. The second kappa shape index (κ2) is 18.4. The summed E-state index contributed by atoms with van der Waals surface area (Å²) in [4.78, 5) is 65.7. The Morgan fingerprint density at radius 1 is 0.875 bits per heavy atom. The molecule has 1 aromatic rings. The molecule has 1 rings (SSSR count). The van der Waals surface area contributed by atoms with Crippen LogP contribution in [0, 0.1) is 0 Å². The van der Waals surface area contributed by atoms with E-state index in [1.54, 1.807) is 30.3 Å². The summed E-state index contributed by atoms with van der Waals surface area (Å²) in [6.07, 6.45) is 1.93. The van der Waals surface area contributed by atoms with E-state index in [2.05, 4.69) is 20.9 Å². The number of guanidine groups is 1. The van der Waals surface area contributed by atoms with Crippen LogP contribution in [0.25, 0.3) is 0 Å². The normalized spacial score (nSPS) is 13.7. The Hall–Kier alpha value is -3.85. The van der Waals surface area contributed by atoms with Gasteiger partial charge in [-0.25, -0.2) is 4.79 Å². The van der Waals surface area contributed by atoms with Crippen molar-refractivity contribution in [2.75, 3.05) is 18.6 Å². The van der Waals surface area contributed by atoms with Crippen LogP contribution in [0.3, 0.4) is 0 Å². The van der Waals surface area contributed by atoms with Gasteiger partial charge in [0, 0.05) is 19.4 Å². The van der Waals surface area contributed by atoms with Gasteiger partial charge < -0.3 is 43.4 Å². The van der Waals surface area contributed by atoms with Crippen molar-refractivity contribution in [2.45, 2.75) is 62.7 Å². The topological polar surface area (TPSA) is 252 Å². The van der Waals surface area contributed by atoms with Crippen molar-refractivity contribution >= 4 is 47.4 Å². The van der Waals surface area contributed by atoms with E-state index in [0.717, 1.165) is 0 Å². The number of nitrogens with one attached hydrogen (secondary N) is 3. The van der Waals surface area contributed by atoms with E-state index in [1.807, 2.05) is 6.26 Å². The summed E-state index contributed by atoms with van der Waals surface area (Å²) < 4.78 is 0. The van der Waals surface area contributed by atoms with Gasteiger partial charge in [0.1, 0.15) is 18.1 Å². The van der Waals surface area contributed by atoms with Crippen molar-refractivity contribution in [1.29, 1.82) is 0 Å². The summed E-state index contributed by atoms with van der Waals surface area (Å²) in [6, 6.07) is 3.94. The molecular formula is C25H39N7O7S. The van der Waals surface area contributed by atoms with E-state index < -0.39 is 60.2 Å². The molecule has 0 fully saturated rings. The van der Waals surface area contributed by atoms with Gasteiger partial charge in [-0.15, -0.1) is 0 Å². The lowest BCUT2D eigenvalue weighted by Gasteiger charge is -2.25. The number of hydrogen-bond donors (Lipinski definition) is 8. The summed E-state index contributed by atoms with van der Waals surface area (Å²) in [5, 5.41) is 26.2. The van der Waals surface area contributed by atoms with Crippen molar-refractivity contribution < 1.29 is 34.2 Å². The maximum atomic E-state index is 13.1. The van der Waals surface area contributed by atoms with Gasteiger partial charge in [0.15, 0.2) is 5.96 Å². The van der Waals surface area contributed by atoms with Gasteiger partial charge in [0.05, 0.1) is 6.04 Å². The Labute approximate surface area is 236 Å². The number of hydrogen-bond acceptors (Lipinski definition) is 8. The molecule has 0 bridgehead atoms. The highest BCUT2D eigenvalue weighted by molar-refractivity contribution is 7.98. The van der Waals surface area contributed by atoms with Gasteiger partial charge in [-0.1, -0.05) is 30.3 Å². The second-order valence-electron chi connectivity index (χ2n) is 8.98. The first-order valence-electron chi connectivity index (χ1n) is 12.6. The molecule has 222 valence electrons.